The van der Waals surface area contributed by atoms with E-state index in [1.54, 1.807) is 6.07 Å². The molecule has 2 aromatic rings. The largest absolute Gasteiger partial charge is 0.476 e. The number of carboxylic acid groups (broad SMARTS) is 1. The molecule has 0 bridgehead atoms. The summed E-state index contributed by atoms with van der Waals surface area (Å²) in [5.74, 6) is -0.313. The standard InChI is InChI=1S/C15H14ClNO4/c16-12-7-10(14-8-13(15(18)19)17-21-14)1-2-11(12)9-3-5-20-6-4-9/h1-2,7-9H,3-6H2,(H,18,19). The highest BCUT2D eigenvalue weighted by Gasteiger charge is 2.19. The van der Waals surface area contributed by atoms with Crippen LogP contribution in [0, 0.1) is 0 Å². The van der Waals surface area contributed by atoms with Gasteiger partial charge in [0.1, 0.15) is 0 Å². The number of rotatable bonds is 3. The molecule has 21 heavy (non-hydrogen) atoms. The molecule has 1 aromatic carbocycles. The molecule has 3 rings (SSSR count). The molecular weight excluding hydrogens is 294 g/mol. The number of hydrogen-bond acceptors (Lipinski definition) is 4. The van der Waals surface area contributed by atoms with Crippen LogP contribution in [0.1, 0.15) is 34.8 Å². The fourth-order valence-corrected chi connectivity index (χ4v) is 2.87. The normalized spacial score (nSPS) is 16.0. The van der Waals surface area contributed by atoms with Gasteiger partial charge in [0.25, 0.3) is 0 Å². The van der Waals surface area contributed by atoms with Gasteiger partial charge in [-0.2, -0.15) is 0 Å². The van der Waals surface area contributed by atoms with Gasteiger partial charge in [-0.1, -0.05) is 28.9 Å². The molecule has 0 spiro atoms. The van der Waals surface area contributed by atoms with Crippen LogP contribution >= 0.6 is 11.6 Å². The number of aromatic carboxylic acids is 1. The molecule has 0 aliphatic carbocycles. The van der Waals surface area contributed by atoms with E-state index in [1.165, 1.54) is 6.07 Å². The summed E-state index contributed by atoms with van der Waals surface area (Å²) in [5.41, 5.74) is 1.70. The third kappa shape index (κ3) is 2.94. The van der Waals surface area contributed by atoms with Crippen molar-refractivity contribution in [3.05, 3.63) is 40.5 Å². The van der Waals surface area contributed by atoms with Crippen LogP contribution in [-0.2, 0) is 4.74 Å². The van der Waals surface area contributed by atoms with E-state index in [1.807, 2.05) is 12.1 Å². The Labute approximate surface area is 126 Å². The molecule has 0 radical (unpaired) electrons. The van der Waals surface area contributed by atoms with E-state index in [4.69, 9.17) is 26.0 Å². The van der Waals surface area contributed by atoms with Crippen LogP contribution in [0.4, 0.5) is 0 Å². The molecule has 0 unspecified atom stereocenters. The van der Waals surface area contributed by atoms with Crippen LogP contribution in [0.5, 0.6) is 0 Å². The molecule has 5 nitrogen and oxygen atoms in total. The van der Waals surface area contributed by atoms with Crippen molar-refractivity contribution in [2.75, 3.05) is 13.2 Å². The Bertz CT molecular complexity index is 661. The predicted octanol–water partition coefficient (Wildman–Crippen LogP) is 3.59. The van der Waals surface area contributed by atoms with Crippen molar-refractivity contribution in [3.63, 3.8) is 0 Å². The number of nitrogens with zero attached hydrogens (tertiary/aromatic N) is 1. The van der Waals surface area contributed by atoms with E-state index in [2.05, 4.69) is 5.16 Å². The second-order valence-electron chi connectivity index (χ2n) is 5.00. The Morgan fingerprint density at radius 1 is 1.29 bits per heavy atom. The highest BCUT2D eigenvalue weighted by Crippen LogP contribution is 2.34. The molecule has 1 aromatic heterocycles. The Morgan fingerprint density at radius 3 is 2.67 bits per heavy atom. The second-order valence-corrected chi connectivity index (χ2v) is 5.41. The van der Waals surface area contributed by atoms with Crippen LogP contribution < -0.4 is 0 Å². The fraction of sp³-hybridized carbons (Fsp3) is 0.333. The van der Waals surface area contributed by atoms with Gasteiger partial charge in [0.2, 0.25) is 0 Å². The van der Waals surface area contributed by atoms with Crippen molar-refractivity contribution in [3.8, 4) is 11.3 Å². The zero-order chi connectivity index (χ0) is 14.8. The summed E-state index contributed by atoms with van der Waals surface area (Å²) >= 11 is 6.36. The Balaban J connectivity index is 1.87. The van der Waals surface area contributed by atoms with Gasteiger partial charge in [0, 0.05) is 29.9 Å². The molecule has 0 amide bonds. The SMILES string of the molecule is O=C(O)c1cc(-c2ccc(C3CCOCC3)c(Cl)c2)on1. The van der Waals surface area contributed by atoms with Gasteiger partial charge >= 0.3 is 5.97 Å². The van der Waals surface area contributed by atoms with E-state index in [9.17, 15) is 4.79 Å². The van der Waals surface area contributed by atoms with Gasteiger partial charge in [0.05, 0.1) is 0 Å². The average Bonchev–Trinajstić information content (AvgIpc) is 2.98. The van der Waals surface area contributed by atoms with Gasteiger partial charge in [-0.15, -0.1) is 0 Å². The van der Waals surface area contributed by atoms with Crippen LogP contribution in [0.3, 0.4) is 0 Å². The molecule has 1 aliphatic heterocycles. The Kier molecular flexibility index (Phi) is 3.94. The first-order valence-corrected chi connectivity index (χ1v) is 7.10. The van der Waals surface area contributed by atoms with Crippen LogP contribution in [0.15, 0.2) is 28.8 Å². The molecule has 110 valence electrons. The molecular formula is C15H14ClNO4. The van der Waals surface area contributed by atoms with E-state index >= 15 is 0 Å². The average molecular weight is 308 g/mol. The number of carboxylic acids is 1. The molecule has 0 saturated carbocycles. The lowest BCUT2D eigenvalue weighted by atomic mass is 9.91. The van der Waals surface area contributed by atoms with Crippen molar-refractivity contribution in [2.24, 2.45) is 0 Å². The first-order valence-electron chi connectivity index (χ1n) is 6.72. The van der Waals surface area contributed by atoms with E-state index in [-0.39, 0.29) is 5.69 Å². The van der Waals surface area contributed by atoms with Crippen LogP contribution in [0.25, 0.3) is 11.3 Å². The Hall–Kier alpha value is -1.85. The number of benzene rings is 1. The van der Waals surface area contributed by atoms with Gasteiger partial charge in [-0.05, 0) is 30.4 Å². The second kappa shape index (κ2) is 5.87. The number of carbonyl (C=O) groups is 1. The zero-order valence-corrected chi connectivity index (χ0v) is 12.0. The van der Waals surface area contributed by atoms with Crippen molar-refractivity contribution in [1.29, 1.82) is 0 Å². The maximum Gasteiger partial charge on any atom is 0.358 e. The minimum Gasteiger partial charge on any atom is -0.476 e. The van der Waals surface area contributed by atoms with Crippen LogP contribution in [0.2, 0.25) is 5.02 Å². The van der Waals surface area contributed by atoms with Gasteiger partial charge in [-0.3, -0.25) is 0 Å². The van der Waals surface area contributed by atoms with Crippen molar-refractivity contribution in [1.82, 2.24) is 5.16 Å². The first kappa shape index (κ1) is 14.1. The van der Waals surface area contributed by atoms with Gasteiger partial charge < -0.3 is 14.4 Å². The number of halogens is 1. The monoisotopic (exact) mass is 307 g/mol. The van der Waals surface area contributed by atoms with Crippen molar-refractivity contribution >= 4 is 17.6 Å². The molecule has 6 heteroatoms. The summed E-state index contributed by atoms with van der Waals surface area (Å²) in [6, 6.07) is 7.03. The third-order valence-corrected chi connectivity index (χ3v) is 4.00. The molecule has 1 saturated heterocycles. The summed E-state index contributed by atoms with van der Waals surface area (Å²) in [5, 5.41) is 13.0. The van der Waals surface area contributed by atoms with Crippen LogP contribution in [-0.4, -0.2) is 29.4 Å². The summed E-state index contributed by atoms with van der Waals surface area (Å²) in [4.78, 5) is 10.8. The maximum atomic E-state index is 10.8. The highest BCUT2D eigenvalue weighted by atomic mass is 35.5. The summed E-state index contributed by atoms with van der Waals surface area (Å²) in [6.07, 6.45) is 1.93. The van der Waals surface area contributed by atoms with E-state index in [0.717, 1.165) is 37.2 Å². The van der Waals surface area contributed by atoms with Gasteiger partial charge in [0.15, 0.2) is 11.5 Å². The fourth-order valence-electron chi connectivity index (χ4n) is 2.53. The first-order chi connectivity index (χ1) is 10.1. The topological polar surface area (TPSA) is 72.6 Å². The third-order valence-electron chi connectivity index (χ3n) is 3.68. The Morgan fingerprint density at radius 2 is 2.05 bits per heavy atom. The quantitative estimate of drug-likeness (QED) is 0.938. The summed E-state index contributed by atoms with van der Waals surface area (Å²) < 4.78 is 10.4. The molecule has 1 fully saturated rings. The lowest BCUT2D eigenvalue weighted by molar-refractivity contribution is 0.0685. The maximum absolute atomic E-state index is 10.8. The lowest BCUT2D eigenvalue weighted by Crippen LogP contribution is -2.14. The van der Waals surface area contributed by atoms with Crippen molar-refractivity contribution < 1.29 is 19.2 Å². The molecule has 2 heterocycles. The summed E-state index contributed by atoms with van der Waals surface area (Å²) in [7, 11) is 0. The number of hydrogen-bond donors (Lipinski definition) is 1. The minimum atomic E-state index is -1.12. The van der Waals surface area contributed by atoms with E-state index < -0.39 is 5.97 Å². The number of aromatic nitrogens is 1. The molecule has 0 atom stereocenters. The van der Waals surface area contributed by atoms with Crippen molar-refractivity contribution in [2.45, 2.75) is 18.8 Å². The number of ether oxygens (including phenoxy) is 1. The predicted molar refractivity (Wildman–Crippen MR) is 76.7 cm³/mol. The smallest absolute Gasteiger partial charge is 0.358 e. The zero-order valence-electron chi connectivity index (χ0n) is 11.2. The van der Waals surface area contributed by atoms with E-state index in [0.29, 0.717) is 16.7 Å². The molecule has 1 aliphatic rings. The molecule has 1 N–H and O–H groups in total. The lowest BCUT2D eigenvalue weighted by Gasteiger charge is -2.23. The minimum absolute atomic E-state index is 0.116. The van der Waals surface area contributed by atoms with Gasteiger partial charge in [-0.25, -0.2) is 4.79 Å². The highest BCUT2D eigenvalue weighted by molar-refractivity contribution is 6.31. The summed E-state index contributed by atoms with van der Waals surface area (Å²) in [6.45, 7) is 1.51.